The average molecular weight is 282 g/mol. The second-order valence-corrected chi connectivity index (χ2v) is 5.70. The predicted octanol–water partition coefficient (Wildman–Crippen LogP) is 1.03. The third-order valence-corrected chi connectivity index (χ3v) is 2.50. The van der Waals surface area contributed by atoms with Crippen LogP contribution in [-0.4, -0.2) is 40.4 Å². The standard InChI is InChI=1S/C10H12N2O3.C4H10O/c13-7-12-9-5-8(1-3-11-9)10(14)2-4-15-6-10;1-4(2,3)5/h1,3,5,7,14H,2,4,6H2,(H,11,12,13);5H,1-3H3. The lowest BCUT2D eigenvalue weighted by Gasteiger charge is -2.20. The van der Waals surface area contributed by atoms with Crippen LogP contribution in [0.2, 0.25) is 0 Å². The summed E-state index contributed by atoms with van der Waals surface area (Å²) in [5.74, 6) is 0.433. The van der Waals surface area contributed by atoms with Crippen LogP contribution in [0, 0.1) is 0 Å². The Kier molecular flexibility index (Phi) is 5.62. The van der Waals surface area contributed by atoms with Crippen molar-refractivity contribution in [3.8, 4) is 0 Å². The van der Waals surface area contributed by atoms with Gasteiger partial charge in [0.15, 0.2) is 0 Å². The van der Waals surface area contributed by atoms with E-state index in [9.17, 15) is 9.90 Å². The highest BCUT2D eigenvalue weighted by molar-refractivity contribution is 5.68. The molecule has 0 aromatic carbocycles. The van der Waals surface area contributed by atoms with Crippen molar-refractivity contribution in [2.45, 2.75) is 38.4 Å². The van der Waals surface area contributed by atoms with E-state index in [0.717, 1.165) is 5.56 Å². The largest absolute Gasteiger partial charge is 0.391 e. The molecule has 1 aliphatic rings. The molecular formula is C14H22N2O4. The number of pyridine rings is 1. The Balaban J connectivity index is 0.000000347. The van der Waals surface area contributed by atoms with Gasteiger partial charge >= 0.3 is 0 Å². The van der Waals surface area contributed by atoms with Gasteiger partial charge in [0.05, 0.1) is 12.2 Å². The minimum Gasteiger partial charge on any atom is -0.391 e. The zero-order valence-electron chi connectivity index (χ0n) is 12.1. The van der Waals surface area contributed by atoms with Crippen molar-refractivity contribution in [3.05, 3.63) is 23.9 Å². The van der Waals surface area contributed by atoms with Crippen molar-refractivity contribution in [2.24, 2.45) is 0 Å². The first-order valence-electron chi connectivity index (χ1n) is 6.44. The molecule has 20 heavy (non-hydrogen) atoms. The quantitative estimate of drug-likeness (QED) is 0.720. The smallest absolute Gasteiger partial charge is 0.212 e. The second-order valence-electron chi connectivity index (χ2n) is 5.70. The van der Waals surface area contributed by atoms with Crippen molar-refractivity contribution in [1.29, 1.82) is 0 Å². The van der Waals surface area contributed by atoms with Gasteiger partial charge in [-0.25, -0.2) is 4.98 Å². The molecule has 2 rings (SSSR count). The molecule has 1 atom stereocenters. The number of nitrogens with zero attached hydrogens (tertiary/aromatic N) is 1. The minimum absolute atomic E-state index is 0.289. The van der Waals surface area contributed by atoms with Crippen molar-refractivity contribution >= 4 is 12.2 Å². The highest BCUT2D eigenvalue weighted by atomic mass is 16.5. The van der Waals surface area contributed by atoms with Gasteiger partial charge in [0.1, 0.15) is 11.4 Å². The van der Waals surface area contributed by atoms with E-state index in [1.807, 2.05) is 0 Å². The highest BCUT2D eigenvalue weighted by Gasteiger charge is 2.34. The van der Waals surface area contributed by atoms with Crippen LogP contribution in [0.4, 0.5) is 5.82 Å². The summed E-state index contributed by atoms with van der Waals surface area (Å²) < 4.78 is 5.15. The maximum atomic E-state index is 10.2. The number of rotatable bonds is 3. The minimum atomic E-state index is -0.942. The molecule has 0 saturated carbocycles. The maximum Gasteiger partial charge on any atom is 0.212 e. The lowest BCUT2D eigenvalue weighted by atomic mass is 9.94. The summed E-state index contributed by atoms with van der Waals surface area (Å²) >= 11 is 0. The molecule has 1 unspecified atom stereocenters. The number of anilines is 1. The molecular weight excluding hydrogens is 260 g/mol. The fourth-order valence-electron chi connectivity index (χ4n) is 1.64. The third-order valence-electron chi connectivity index (χ3n) is 2.50. The molecule has 1 amide bonds. The molecule has 6 nitrogen and oxygen atoms in total. The van der Waals surface area contributed by atoms with Crippen LogP contribution in [0.1, 0.15) is 32.8 Å². The van der Waals surface area contributed by atoms with Crippen LogP contribution >= 0.6 is 0 Å². The summed E-state index contributed by atoms with van der Waals surface area (Å²) in [5, 5.41) is 21.2. The molecule has 3 N–H and O–H groups in total. The zero-order chi connectivity index (χ0) is 15.2. The molecule has 1 fully saturated rings. The molecule has 112 valence electrons. The Morgan fingerprint density at radius 2 is 2.15 bits per heavy atom. The number of aliphatic hydroxyl groups is 2. The number of aromatic nitrogens is 1. The first-order chi connectivity index (χ1) is 9.24. The lowest BCUT2D eigenvalue weighted by molar-refractivity contribution is -0.105. The van der Waals surface area contributed by atoms with Crippen LogP contribution in [-0.2, 0) is 15.1 Å². The van der Waals surface area contributed by atoms with E-state index in [1.165, 1.54) is 0 Å². The lowest BCUT2D eigenvalue weighted by Crippen LogP contribution is -2.25. The number of carbonyl (C=O) groups excluding carboxylic acids is 1. The predicted molar refractivity (Wildman–Crippen MR) is 75.2 cm³/mol. The van der Waals surface area contributed by atoms with Crippen LogP contribution in [0.5, 0.6) is 0 Å². The number of nitrogens with one attached hydrogen (secondary N) is 1. The monoisotopic (exact) mass is 282 g/mol. The van der Waals surface area contributed by atoms with Crippen molar-refractivity contribution in [3.63, 3.8) is 0 Å². The number of hydrogen-bond acceptors (Lipinski definition) is 5. The Labute approximate surface area is 118 Å². The third kappa shape index (κ3) is 5.64. The van der Waals surface area contributed by atoms with Gasteiger partial charge in [-0.3, -0.25) is 4.79 Å². The Morgan fingerprint density at radius 1 is 1.50 bits per heavy atom. The summed E-state index contributed by atoms with van der Waals surface area (Å²) in [7, 11) is 0. The SMILES string of the molecule is CC(C)(C)O.O=CNc1cc(C2(O)CCOC2)ccn1. The number of hydrogen-bond donors (Lipinski definition) is 3. The highest BCUT2D eigenvalue weighted by Crippen LogP contribution is 2.30. The van der Waals surface area contributed by atoms with E-state index in [0.29, 0.717) is 25.3 Å². The van der Waals surface area contributed by atoms with Crippen LogP contribution < -0.4 is 5.32 Å². The van der Waals surface area contributed by atoms with Crippen LogP contribution in [0.3, 0.4) is 0 Å². The fourth-order valence-corrected chi connectivity index (χ4v) is 1.64. The van der Waals surface area contributed by atoms with Gasteiger partial charge in [-0.15, -0.1) is 0 Å². The van der Waals surface area contributed by atoms with Gasteiger partial charge in [0.2, 0.25) is 6.41 Å². The summed E-state index contributed by atoms with van der Waals surface area (Å²) in [6.45, 7) is 6.07. The molecule has 1 aromatic rings. The molecule has 0 spiro atoms. The van der Waals surface area contributed by atoms with Crippen LogP contribution in [0.25, 0.3) is 0 Å². The molecule has 1 aromatic heterocycles. The topological polar surface area (TPSA) is 91.7 Å². The fraction of sp³-hybridized carbons (Fsp3) is 0.571. The molecule has 0 radical (unpaired) electrons. The molecule has 0 aliphatic carbocycles. The normalized spacial score (nSPS) is 21.9. The van der Waals surface area contributed by atoms with E-state index in [-0.39, 0.29) is 6.61 Å². The van der Waals surface area contributed by atoms with Gasteiger partial charge in [-0.2, -0.15) is 0 Å². The second kappa shape index (κ2) is 6.78. The number of amides is 1. The molecule has 6 heteroatoms. The summed E-state index contributed by atoms with van der Waals surface area (Å²) in [4.78, 5) is 14.2. The van der Waals surface area contributed by atoms with Crippen molar-refractivity contribution < 1.29 is 19.7 Å². The number of carbonyl (C=O) groups is 1. The Hall–Kier alpha value is -1.50. The van der Waals surface area contributed by atoms with Crippen molar-refractivity contribution in [2.75, 3.05) is 18.5 Å². The molecule has 1 saturated heterocycles. The maximum absolute atomic E-state index is 10.2. The summed E-state index contributed by atoms with van der Waals surface area (Å²) in [5.41, 5.74) is -0.721. The summed E-state index contributed by atoms with van der Waals surface area (Å²) in [6.07, 6.45) is 2.68. The van der Waals surface area contributed by atoms with E-state index >= 15 is 0 Å². The average Bonchev–Trinajstić information content (AvgIpc) is 2.76. The first-order valence-corrected chi connectivity index (χ1v) is 6.44. The molecule has 0 bridgehead atoms. The Morgan fingerprint density at radius 3 is 2.65 bits per heavy atom. The van der Waals surface area contributed by atoms with Gasteiger partial charge in [-0.1, -0.05) is 0 Å². The van der Waals surface area contributed by atoms with Gasteiger partial charge in [0, 0.05) is 19.2 Å². The van der Waals surface area contributed by atoms with Gasteiger partial charge in [-0.05, 0) is 38.5 Å². The van der Waals surface area contributed by atoms with Crippen LogP contribution in [0.15, 0.2) is 18.3 Å². The molecule has 2 heterocycles. The Bertz CT molecular complexity index is 431. The van der Waals surface area contributed by atoms with Gasteiger partial charge < -0.3 is 20.3 Å². The van der Waals surface area contributed by atoms with Gasteiger partial charge in [0.25, 0.3) is 0 Å². The van der Waals surface area contributed by atoms with E-state index in [4.69, 9.17) is 9.84 Å². The van der Waals surface area contributed by atoms with E-state index in [1.54, 1.807) is 39.1 Å². The van der Waals surface area contributed by atoms with Crippen molar-refractivity contribution in [1.82, 2.24) is 4.98 Å². The molecule has 1 aliphatic heterocycles. The summed E-state index contributed by atoms with van der Waals surface area (Å²) in [6, 6.07) is 3.38. The first kappa shape index (κ1) is 16.6. The number of ether oxygens (including phenoxy) is 1. The van der Waals surface area contributed by atoms with E-state index in [2.05, 4.69) is 10.3 Å². The zero-order valence-corrected chi connectivity index (χ0v) is 12.1. The van der Waals surface area contributed by atoms with E-state index < -0.39 is 11.2 Å².